The summed E-state index contributed by atoms with van der Waals surface area (Å²) in [5, 5.41) is 3.01. The van der Waals surface area contributed by atoms with Crippen molar-refractivity contribution in [1.82, 2.24) is 14.9 Å². The number of anilines is 1. The van der Waals surface area contributed by atoms with Gasteiger partial charge in [0, 0.05) is 30.9 Å². The summed E-state index contributed by atoms with van der Waals surface area (Å²) in [6.07, 6.45) is 6.69. The van der Waals surface area contributed by atoms with Crippen LogP contribution in [0.15, 0.2) is 30.5 Å². The first-order valence-electron chi connectivity index (χ1n) is 12.7. The minimum atomic E-state index is -0.483. The van der Waals surface area contributed by atoms with E-state index in [0.717, 1.165) is 68.9 Å². The molecule has 1 amide bonds. The van der Waals surface area contributed by atoms with Gasteiger partial charge in [-0.25, -0.2) is 4.98 Å². The Bertz CT molecular complexity index is 1150. The number of carbonyl (C=O) groups is 1. The van der Waals surface area contributed by atoms with Crippen LogP contribution in [0.5, 0.6) is 0 Å². The van der Waals surface area contributed by atoms with E-state index in [4.69, 9.17) is 16.0 Å². The molecule has 1 aliphatic heterocycles. The van der Waals surface area contributed by atoms with Crippen molar-refractivity contribution in [2.24, 2.45) is 5.41 Å². The summed E-state index contributed by atoms with van der Waals surface area (Å²) < 4.78 is 11.8. The fraction of sp³-hybridized carbons (Fsp3) is 0.536. The third-order valence-corrected chi connectivity index (χ3v) is 7.15. The Morgan fingerprint density at radius 2 is 2.11 bits per heavy atom. The summed E-state index contributed by atoms with van der Waals surface area (Å²) in [6.45, 7) is 20.8. The SMILES string of the molecule is [C-]#[N+]c1cnc(C(=O)Nc2ccc(C(C)(C)OCCN3CCOCC3)cc2C2=CCC(C)(C)CC2)[nH]1. The number of allylic oxidation sites excluding steroid dienone is 2. The second-order valence-electron chi connectivity index (χ2n) is 10.9. The number of amides is 1. The van der Waals surface area contributed by atoms with Crippen molar-refractivity contribution >= 4 is 23.0 Å². The third-order valence-electron chi connectivity index (χ3n) is 7.15. The van der Waals surface area contributed by atoms with E-state index in [1.54, 1.807) is 0 Å². The quantitative estimate of drug-likeness (QED) is 0.484. The number of nitrogens with one attached hydrogen (secondary N) is 2. The normalized spacial score (nSPS) is 18.4. The number of rotatable bonds is 8. The molecule has 2 aromatic rings. The van der Waals surface area contributed by atoms with Crippen LogP contribution in [-0.2, 0) is 15.1 Å². The average Bonchev–Trinajstić information content (AvgIpc) is 3.35. The van der Waals surface area contributed by atoms with Gasteiger partial charge in [-0.05, 0) is 61.8 Å². The molecule has 2 heterocycles. The van der Waals surface area contributed by atoms with Gasteiger partial charge in [0.1, 0.15) is 0 Å². The summed E-state index contributed by atoms with van der Waals surface area (Å²) in [5.41, 5.74) is 3.84. The molecular weight excluding hydrogens is 454 g/mol. The number of benzene rings is 1. The molecule has 0 unspecified atom stereocenters. The topological polar surface area (TPSA) is 83.8 Å². The molecular formula is C28H37N5O3. The largest absolute Gasteiger partial charge is 0.379 e. The monoisotopic (exact) mass is 491 g/mol. The van der Waals surface area contributed by atoms with Gasteiger partial charge >= 0.3 is 5.91 Å². The van der Waals surface area contributed by atoms with Crippen molar-refractivity contribution in [3.8, 4) is 0 Å². The number of hydrogen-bond acceptors (Lipinski definition) is 5. The van der Waals surface area contributed by atoms with Gasteiger partial charge in [-0.2, -0.15) is 0 Å². The van der Waals surface area contributed by atoms with Crippen LogP contribution >= 0.6 is 0 Å². The molecule has 1 aromatic carbocycles. The molecule has 4 rings (SSSR count). The Morgan fingerprint density at radius 3 is 2.78 bits per heavy atom. The molecule has 2 aliphatic rings. The lowest BCUT2D eigenvalue weighted by Gasteiger charge is -2.32. The summed E-state index contributed by atoms with van der Waals surface area (Å²) in [5.74, 6) is 0.00198. The van der Waals surface area contributed by atoms with Gasteiger partial charge in [0.15, 0.2) is 0 Å². The highest BCUT2D eigenvalue weighted by molar-refractivity contribution is 6.03. The lowest BCUT2D eigenvalue weighted by atomic mass is 9.76. The van der Waals surface area contributed by atoms with Gasteiger partial charge < -0.3 is 19.6 Å². The van der Waals surface area contributed by atoms with Crippen molar-refractivity contribution in [1.29, 1.82) is 0 Å². The summed E-state index contributed by atoms with van der Waals surface area (Å²) >= 11 is 0. The lowest BCUT2D eigenvalue weighted by molar-refractivity contribution is -0.0420. The number of morpholine rings is 1. The molecule has 36 heavy (non-hydrogen) atoms. The first-order valence-corrected chi connectivity index (χ1v) is 12.7. The van der Waals surface area contributed by atoms with E-state index >= 15 is 0 Å². The number of hydrogen-bond donors (Lipinski definition) is 2. The van der Waals surface area contributed by atoms with Crippen molar-refractivity contribution in [3.05, 3.63) is 58.8 Å². The third kappa shape index (κ3) is 6.41. The highest BCUT2D eigenvalue weighted by Crippen LogP contribution is 2.41. The van der Waals surface area contributed by atoms with E-state index in [9.17, 15) is 4.79 Å². The van der Waals surface area contributed by atoms with E-state index in [1.165, 1.54) is 11.8 Å². The van der Waals surface area contributed by atoms with Crippen LogP contribution < -0.4 is 5.32 Å². The Labute approximate surface area is 213 Å². The minimum Gasteiger partial charge on any atom is -0.379 e. The van der Waals surface area contributed by atoms with Crippen molar-refractivity contribution < 1.29 is 14.3 Å². The van der Waals surface area contributed by atoms with Crippen molar-refractivity contribution in [2.45, 2.75) is 52.6 Å². The second kappa shape index (κ2) is 11.0. The molecule has 0 spiro atoms. The van der Waals surface area contributed by atoms with E-state index in [0.29, 0.717) is 6.61 Å². The highest BCUT2D eigenvalue weighted by Gasteiger charge is 2.27. The van der Waals surface area contributed by atoms with Crippen LogP contribution in [0.25, 0.3) is 10.4 Å². The number of aromatic nitrogens is 2. The first-order chi connectivity index (χ1) is 17.2. The van der Waals surface area contributed by atoms with Gasteiger partial charge in [-0.1, -0.05) is 32.6 Å². The molecule has 1 fully saturated rings. The molecule has 8 nitrogen and oxygen atoms in total. The van der Waals surface area contributed by atoms with Crippen LogP contribution in [0.3, 0.4) is 0 Å². The molecule has 192 valence electrons. The van der Waals surface area contributed by atoms with Crippen LogP contribution in [0, 0.1) is 12.0 Å². The fourth-order valence-corrected chi connectivity index (χ4v) is 4.62. The molecule has 2 N–H and O–H groups in total. The average molecular weight is 492 g/mol. The van der Waals surface area contributed by atoms with Crippen LogP contribution in [0.1, 0.15) is 68.7 Å². The molecule has 1 aliphatic carbocycles. The predicted molar refractivity (Wildman–Crippen MR) is 141 cm³/mol. The Balaban J connectivity index is 1.55. The van der Waals surface area contributed by atoms with Gasteiger partial charge in [-0.3, -0.25) is 14.7 Å². The number of carbonyl (C=O) groups excluding carboxylic acids is 1. The molecule has 1 saturated heterocycles. The molecule has 0 bridgehead atoms. The number of imidazole rings is 1. The van der Waals surface area contributed by atoms with Gasteiger partial charge in [0.25, 0.3) is 5.82 Å². The van der Waals surface area contributed by atoms with Crippen LogP contribution in [0.4, 0.5) is 11.5 Å². The lowest BCUT2D eigenvalue weighted by Crippen LogP contribution is -2.39. The summed E-state index contributed by atoms with van der Waals surface area (Å²) in [4.78, 5) is 25.4. The smallest absolute Gasteiger partial charge is 0.314 e. The maximum Gasteiger partial charge on any atom is 0.314 e. The number of H-pyrrole nitrogens is 1. The zero-order valence-electron chi connectivity index (χ0n) is 21.8. The number of ether oxygens (including phenoxy) is 2. The zero-order valence-corrected chi connectivity index (χ0v) is 21.8. The summed E-state index contributed by atoms with van der Waals surface area (Å²) in [7, 11) is 0. The van der Waals surface area contributed by atoms with Crippen molar-refractivity contribution in [3.63, 3.8) is 0 Å². The second-order valence-corrected chi connectivity index (χ2v) is 10.9. The van der Waals surface area contributed by atoms with Gasteiger partial charge in [0.2, 0.25) is 5.82 Å². The zero-order chi connectivity index (χ0) is 25.8. The highest BCUT2D eigenvalue weighted by atomic mass is 16.5. The maximum atomic E-state index is 12.9. The Morgan fingerprint density at radius 1 is 1.33 bits per heavy atom. The minimum absolute atomic E-state index is 0.126. The standard InChI is InChI=1S/C28H37N5O3/c1-27(2)10-8-20(9-11-27)22-18-21(28(3,4)36-17-14-33-12-15-35-16-13-33)6-7-23(22)31-26(34)25-30-19-24(29-5)32-25/h6-8,18-19H,9-17H2,1-4H3,(H,30,32)(H,31,34). The maximum absolute atomic E-state index is 12.9. The molecule has 0 saturated carbocycles. The van der Waals surface area contributed by atoms with Gasteiger partial charge in [-0.15, -0.1) is 0 Å². The fourth-order valence-electron chi connectivity index (χ4n) is 4.62. The molecule has 1 aromatic heterocycles. The molecule has 8 heteroatoms. The molecule has 0 atom stereocenters. The predicted octanol–water partition coefficient (Wildman–Crippen LogP) is 5.39. The first kappa shape index (κ1) is 26.1. The van der Waals surface area contributed by atoms with E-state index < -0.39 is 5.60 Å². The van der Waals surface area contributed by atoms with E-state index in [1.807, 2.05) is 12.1 Å². The Kier molecular flexibility index (Phi) is 7.94. The molecule has 0 radical (unpaired) electrons. The summed E-state index contributed by atoms with van der Waals surface area (Å²) in [6, 6.07) is 6.13. The number of nitrogens with zero attached hydrogens (tertiary/aromatic N) is 3. The van der Waals surface area contributed by atoms with Crippen LogP contribution in [0.2, 0.25) is 0 Å². The van der Waals surface area contributed by atoms with Crippen molar-refractivity contribution in [2.75, 3.05) is 44.8 Å². The van der Waals surface area contributed by atoms with E-state index in [-0.39, 0.29) is 23.0 Å². The van der Waals surface area contributed by atoms with Crippen LogP contribution in [-0.4, -0.2) is 60.2 Å². The number of aromatic amines is 1. The van der Waals surface area contributed by atoms with Gasteiger partial charge in [0.05, 0.1) is 31.6 Å². The van der Waals surface area contributed by atoms with E-state index in [2.05, 4.69) is 64.9 Å². The Hall–Kier alpha value is -2.99.